The van der Waals surface area contributed by atoms with E-state index in [0.717, 1.165) is 23.8 Å². The summed E-state index contributed by atoms with van der Waals surface area (Å²) >= 11 is 0. The molecule has 19 heavy (non-hydrogen) atoms. The monoisotopic (exact) mass is 260 g/mol. The van der Waals surface area contributed by atoms with Gasteiger partial charge >= 0.3 is 0 Å². The summed E-state index contributed by atoms with van der Waals surface area (Å²) in [6, 6.07) is 7.59. The van der Waals surface area contributed by atoms with Gasteiger partial charge in [-0.05, 0) is 43.4 Å². The molecule has 1 aromatic rings. The van der Waals surface area contributed by atoms with Gasteiger partial charge in [0.05, 0.1) is 24.3 Å². The molecule has 0 saturated heterocycles. The Balaban J connectivity index is 1.75. The van der Waals surface area contributed by atoms with Gasteiger partial charge in [0.15, 0.2) is 0 Å². The number of nitriles is 1. The van der Waals surface area contributed by atoms with E-state index in [1.54, 1.807) is 12.1 Å². The average Bonchev–Trinajstić information content (AvgIpc) is 3.22. The van der Waals surface area contributed by atoms with Crippen LogP contribution in [0.2, 0.25) is 0 Å². The number of aliphatic hydroxyl groups excluding tert-OH is 1. The minimum atomic E-state index is -0.524. The van der Waals surface area contributed by atoms with Gasteiger partial charge < -0.3 is 15.2 Å². The summed E-state index contributed by atoms with van der Waals surface area (Å²) in [5, 5.41) is 21.8. The highest BCUT2D eigenvalue weighted by Crippen LogP contribution is 2.28. The third kappa shape index (κ3) is 4.55. The van der Waals surface area contributed by atoms with Gasteiger partial charge in [-0.15, -0.1) is 0 Å². The summed E-state index contributed by atoms with van der Waals surface area (Å²) in [7, 11) is 0. The molecule has 4 heteroatoms. The van der Waals surface area contributed by atoms with Crippen LogP contribution in [0.4, 0.5) is 5.69 Å². The molecule has 1 aromatic carbocycles. The zero-order chi connectivity index (χ0) is 13.7. The number of aryl methyl sites for hydroxylation is 1. The molecule has 2 N–H and O–H groups in total. The molecule has 0 aliphatic heterocycles. The van der Waals surface area contributed by atoms with Gasteiger partial charge in [-0.1, -0.05) is 6.07 Å². The highest BCUT2D eigenvalue weighted by Gasteiger charge is 2.21. The van der Waals surface area contributed by atoms with Crippen LogP contribution in [0.1, 0.15) is 24.0 Å². The second kappa shape index (κ2) is 6.55. The fourth-order valence-corrected chi connectivity index (χ4v) is 1.82. The van der Waals surface area contributed by atoms with Crippen LogP contribution in [0.5, 0.6) is 0 Å². The van der Waals surface area contributed by atoms with E-state index in [4.69, 9.17) is 10.00 Å². The second-order valence-corrected chi connectivity index (χ2v) is 5.16. The Bertz CT molecular complexity index is 464. The number of ether oxygens (including phenoxy) is 1. The van der Waals surface area contributed by atoms with Crippen molar-refractivity contribution < 1.29 is 9.84 Å². The molecule has 4 nitrogen and oxygen atoms in total. The minimum absolute atomic E-state index is 0.362. The molecular weight excluding hydrogens is 240 g/mol. The number of hydrogen-bond acceptors (Lipinski definition) is 4. The van der Waals surface area contributed by atoms with Crippen molar-refractivity contribution in [2.75, 3.05) is 25.1 Å². The zero-order valence-corrected chi connectivity index (χ0v) is 11.2. The van der Waals surface area contributed by atoms with Gasteiger partial charge in [0, 0.05) is 18.8 Å². The summed E-state index contributed by atoms with van der Waals surface area (Å²) < 4.78 is 5.44. The Labute approximate surface area is 114 Å². The molecule has 1 unspecified atom stereocenters. The number of aliphatic hydroxyl groups is 1. The summed E-state index contributed by atoms with van der Waals surface area (Å²) in [5.74, 6) is 0.717. The molecule has 2 rings (SSSR count). The highest BCUT2D eigenvalue weighted by molar-refractivity contribution is 5.55. The van der Waals surface area contributed by atoms with Gasteiger partial charge in [0.25, 0.3) is 0 Å². The lowest BCUT2D eigenvalue weighted by atomic mass is 10.1. The van der Waals surface area contributed by atoms with E-state index in [9.17, 15) is 5.11 Å². The number of hydrogen-bond donors (Lipinski definition) is 2. The maximum Gasteiger partial charge on any atom is 0.0992 e. The number of nitrogens with zero attached hydrogens (tertiary/aromatic N) is 1. The second-order valence-electron chi connectivity index (χ2n) is 5.16. The maximum absolute atomic E-state index is 9.81. The van der Waals surface area contributed by atoms with E-state index >= 15 is 0 Å². The van der Waals surface area contributed by atoms with E-state index in [-0.39, 0.29) is 0 Å². The van der Waals surface area contributed by atoms with Crippen molar-refractivity contribution in [1.29, 1.82) is 5.26 Å². The molecule has 0 amide bonds. The van der Waals surface area contributed by atoms with E-state index in [2.05, 4.69) is 11.4 Å². The molecule has 102 valence electrons. The summed E-state index contributed by atoms with van der Waals surface area (Å²) in [4.78, 5) is 0. The first kappa shape index (κ1) is 13.9. The fraction of sp³-hybridized carbons (Fsp3) is 0.533. The Hall–Kier alpha value is -1.57. The van der Waals surface area contributed by atoms with Crippen LogP contribution in [0.15, 0.2) is 18.2 Å². The third-order valence-electron chi connectivity index (χ3n) is 3.26. The van der Waals surface area contributed by atoms with E-state index in [1.165, 1.54) is 12.8 Å². The van der Waals surface area contributed by atoms with E-state index in [0.29, 0.717) is 18.7 Å². The third-order valence-corrected chi connectivity index (χ3v) is 3.26. The molecule has 0 heterocycles. The number of rotatable bonds is 7. The van der Waals surface area contributed by atoms with Crippen LogP contribution < -0.4 is 5.32 Å². The van der Waals surface area contributed by atoms with Crippen LogP contribution in [-0.2, 0) is 4.74 Å². The van der Waals surface area contributed by atoms with E-state index < -0.39 is 6.10 Å². The van der Waals surface area contributed by atoms with Crippen LogP contribution >= 0.6 is 0 Å². The standard InChI is InChI=1S/C15H20N2O2/c1-11-2-3-13(7-16)6-15(11)17-8-14(18)10-19-9-12-4-5-12/h2-3,6,12,14,17-18H,4-5,8-10H2,1H3. The first-order valence-electron chi connectivity index (χ1n) is 6.69. The fourth-order valence-electron chi connectivity index (χ4n) is 1.82. The summed E-state index contributed by atoms with van der Waals surface area (Å²) in [6.07, 6.45) is 1.99. The molecule has 0 spiro atoms. The van der Waals surface area contributed by atoms with Crippen LogP contribution in [-0.4, -0.2) is 31.0 Å². The highest BCUT2D eigenvalue weighted by atomic mass is 16.5. The normalized spacial score (nSPS) is 15.8. The molecule has 1 saturated carbocycles. The summed E-state index contributed by atoms with van der Waals surface area (Å²) in [5.41, 5.74) is 2.57. The van der Waals surface area contributed by atoms with E-state index in [1.807, 2.05) is 13.0 Å². The van der Waals surface area contributed by atoms with Crippen molar-refractivity contribution in [3.8, 4) is 6.07 Å². The smallest absolute Gasteiger partial charge is 0.0992 e. The predicted molar refractivity (Wildman–Crippen MR) is 73.9 cm³/mol. The molecule has 0 bridgehead atoms. The SMILES string of the molecule is Cc1ccc(C#N)cc1NCC(O)COCC1CC1. The lowest BCUT2D eigenvalue weighted by Crippen LogP contribution is -2.25. The van der Waals surface area contributed by atoms with Crippen molar-refractivity contribution in [1.82, 2.24) is 0 Å². The van der Waals surface area contributed by atoms with Gasteiger partial charge in [-0.2, -0.15) is 5.26 Å². The first-order chi connectivity index (χ1) is 9.19. The van der Waals surface area contributed by atoms with Crippen LogP contribution in [0.3, 0.4) is 0 Å². The lowest BCUT2D eigenvalue weighted by Gasteiger charge is -2.14. The van der Waals surface area contributed by atoms with Crippen LogP contribution in [0.25, 0.3) is 0 Å². The van der Waals surface area contributed by atoms with Gasteiger partial charge in [0.2, 0.25) is 0 Å². The largest absolute Gasteiger partial charge is 0.389 e. The number of nitrogens with one attached hydrogen (secondary N) is 1. The Morgan fingerprint density at radius 1 is 1.53 bits per heavy atom. The maximum atomic E-state index is 9.81. The average molecular weight is 260 g/mol. The summed E-state index contributed by atoms with van der Waals surface area (Å²) in [6.45, 7) is 3.53. The Kier molecular flexibility index (Phi) is 4.78. The molecule has 0 radical (unpaired) electrons. The van der Waals surface area contributed by atoms with Gasteiger partial charge in [-0.25, -0.2) is 0 Å². The predicted octanol–water partition coefficient (Wildman–Crippen LogP) is 2.07. The topological polar surface area (TPSA) is 65.3 Å². The van der Waals surface area contributed by atoms with Crippen molar-refractivity contribution >= 4 is 5.69 Å². The molecule has 0 aromatic heterocycles. The minimum Gasteiger partial charge on any atom is -0.389 e. The van der Waals surface area contributed by atoms with Gasteiger partial charge in [0.1, 0.15) is 0 Å². The Morgan fingerprint density at radius 2 is 2.32 bits per heavy atom. The molecule has 1 atom stereocenters. The van der Waals surface area contributed by atoms with Crippen LogP contribution in [0, 0.1) is 24.2 Å². The zero-order valence-electron chi connectivity index (χ0n) is 11.2. The lowest BCUT2D eigenvalue weighted by molar-refractivity contribution is 0.0386. The number of benzene rings is 1. The molecule has 1 fully saturated rings. The van der Waals surface area contributed by atoms with Crippen molar-refractivity contribution in [2.45, 2.75) is 25.9 Å². The van der Waals surface area contributed by atoms with Gasteiger partial charge in [-0.3, -0.25) is 0 Å². The quantitative estimate of drug-likeness (QED) is 0.787. The Morgan fingerprint density at radius 3 is 3.00 bits per heavy atom. The number of anilines is 1. The van der Waals surface area contributed by atoms with Crippen molar-refractivity contribution in [3.63, 3.8) is 0 Å². The first-order valence-corrected chi connectivity index (χ1v) is 6.69. The molecule has 1 aliphatic carbocycles. The van der Waals surface area contributed by atoms with Crippen molar-refractivity contribution in [3.05, 3.63) is 29.3 Å². The van der Waals surface area contributed by atoms with Crippen molar-refractivity contribution in [2.24, 2.45) is 5.92 Å². The molecular formula is C15H20N2O2. The molecule has 1 aliphatic rings.